The van der Waals surface area contributed by atoms with Gasteiger partial charge < -0.3 is 14.3 Å². The lowest BCUT2D eigenvalue weighted by atomic mass is 9.85. The third-order valence-corrected chi connectivity index (χ3v) is 6.29. The summed E-state index contributed by atoms with van der Waals surface area (Å²) in [5.74, 6) is 0.384. The summed E-state index contributed by atoms with van der Waals surface area (Å²) in [7, 11) is 1.54. The molecule has 2 fully saturated rings. The Balaban J connectivity index is 1.57. The van der Waals surface area contributed by atoms with Crippen molar-refractivity contribution in [1.29, 1.82) is 0 Å². The molecule has 4 rings (SSSR count). The van der Waals surface area contributed by atoms with Gasteiger partial charge in [-0.15, -0.1) is 0 Å². The molecule has 8 nitrogen and oxygen atoms in total. The van der Waals surface area contributed by atoms with Crippen LogP contribution in [0.2, 0.25) is 0 Å². The second kappa shape index (κ2) is 7.83. The molecule has 0 saturated carbocycles. The zero-order chi connectivity index (χ0) is 22.3. The van der Waals surface area contributed by atoms with Crippen LogP contribution in [0.3, 0.4) is 0 Å². The van der Waals surface area contributed by atoms with Crippen LogP contribution < -0.4 is 0 Å². The second-order valence-corrected chi connectivity index (χ2v) is 8.80. The number of carbonyl (C=O) groups excluding carboxylic acids is 3. The molecule has 2 aliphatic heterocycles. The number of carbonyl (C=O) groups is 3. The Hall–Kier alpha value is -3.16. The number of likely N-dealkylation sites (tertiary alicyclic amines) is 1. The summed E-state index contributed by atoms with van der Waals surface area (Å²) in [6, 6.07) is 9.21. The molecule has 3 heterocycles. The van der Waals surface area contributed by atoms with Crippen LogP contribution in [0, 0.1) is 12.8 Å². The Morgan fingerprint density at radius 3 is 2.42 bits per heavy atom. The smallest absolute Gasteiger partial charge is 0.327 e. The highest BCUT2D eigenvalue weighted by atomic mass is 16.5. The van der Waals surface area contributed by atoms with Gasteiger partial charge in [-0.2, -0.15) is 0 Å². The molecule has 8 heteroatoms. The number of urea groups is 1. The molecule has 4 amide bonds. The van der Waals surface area contributed by atoms with Crippen molar-refractivity contribution >= 4 is 17.8 Å². The summed E-state index contributed by atoms with van der Waals surface area (Å²) in [5, 5.41) is 4.11. The largest absolute Gasteiger partial charge is 0.360 e. The molecule has 0 unspecified atom stereocenters. The van der Waals surface area contributed by atoms with Gasteiger partial charge in [-0.1, -0.05) is 49.3 Å². The zero-order valence-corrected chi connectivity index (χ0v) is 18.4. The van der Waals surface area contributed by atoms with E-state index in [2.05, 4.69) is 5.16 Å². The molecule has 164 valence electrons. The molecular formula is C23H28N4O4. The summed E-state index contributed by atoms with van der Waals surface area (Å²) in [5.41, 5.74) is 0.931. The van der Waals surface area contributed by atoms with Crippen molar-refractivity contribution in [1.82, 2.24) is 19.9 Å². The van der Waals surface area contributed by atoms with Crippen molar-refractivity contribution in [3.05, 3.63) is 41.7 Å². The standard InChI is InChI=1S/C23H28N4O4/c1-15(2)14-27-22(30)25(4)21(29)23(27)10-12-26(13-11-23)20(28)18-16(3)31-24-19(18)17-8-6-5-7-9-17/h5-9,15H,10-14H2,1-4H3. The highest BCUT2D eigenvalue weighted by Crippen LogP contribution is 2.38. The van der Waals surface area contributed by atoms with Gasteiger partial charge in [-0.3, -0.25) is 14.5 Å². The molecular weight excluding hydrogens is 396 g/mol. The average Bonchev–Trinajstić information content (AvgIpc) is 3.23. The SMILES string of the molecule is Cc1onc(-c2ccccc2)c1C(=O)N1CCC2(CC1)C(=O)N(C)C(=O)N2CC(C)C. The van der Waals surface area contributed by atoms with E-state index in [0.29, 0.717) is 49.5 Å². The number of aryl methyl sites for hydroxylation is 1. The number of imide groups is 1. The maximum absolute atomic E-state index is 13.4. The van der Waals surface area contributed by atoms with Crippen molar-refractivity contribution in [2.45, 2.75) is 39.2 Å². The van der Waals surface area contributed by atoms with Crippen molar-refractivity contribution < 1.29 is 18.9 Å². The van der Waals surface area contributed by atoms with Gasteiger partial charge in [0.1, 0.15) is 22.6 Å². The highest BCUT2D eigenvalue weighted by Gasteiger charge is 2.57. The molecule has 31 heavy (non-hydrogen) atoms. The second-order valence-electron chi connectivity index (χ2n) is 8.80. The number of nitrogens with zero attached hydrogens (tertiary/aromatic N) is 4. The minimum atomic E-state index is -0.862. The van der Waals surface area contributed by atoms with Crippen LogP contribution in [0.15, 0.2) is 34.9 Å². The maximum Gasteiger partial charge on any atom is 0.327 e. The van der Waals surface area contributed by atoms with E-state index >= 15 is 0 Å². The first-order chi connectivity index (χ1) is 14.8. The minimum Gasteiger partial charge on any atom is -0.360 e. The quantitative estimate of drug-likeness (QED) is 0.704. The lowest BCUT2D eigenvalue weighted by molar-refractivity contribution is -0.134. The van der Waals surface area contributed by atoms with Crippen molar-refractivity contribution in [3.63, 3.8) is 0 Å². The van der Waals surface area contributed by atoms with Gasteiger partial charge in [0.15, 0.2) is 0 Å². The van der Waals surface area contributed by atoms with Gasteiger partial charge in [-0.05, 0) is 25.7 Å². The monoisotopic (exact) mass is 424 g/mol. The Morgan fingerprint density at radius 2 is 1.81 bits per heavy atom. The van der Waals surface area contributed by atoms with Crippen LogP contribution in [0.25, 0.3) is 11.3 Å². The molecule has 1 spiro atoms. The number of benzene rings is 1. The Kier molecular flexibility index (Phi) is 5.33. The molecule has 0 atom stereocenters. The topological polar surface area (TPSA) is 87.0 Å². The fourth-order valence-electron chi connectivity index (χ4n) is 4.64. The first-order valence-corrected chi connectivity index (χ1v) is 10.7. The molecule has 2 aromatic rings. The number of likely N-dealkylation sites (N-methyl/N-ethyl adjacent to an activating group) is 1. The summed E-state index contributed by atoms with van der Waals surface area (Å²) >= 11 is 0. The van der Waals surface area contributed by atoms with Crippen LogP contribution in [0.5, 0.6) is 0 Å². The van der Waals surface area contributed by atoms with Crippen molar-refractivity contribution in [2.24, 2.45) is 5.92 Å². The van der Waals surface area contributed by atoms with E-state index in [9.17, 15) is 14.4 Å². The van der Waals surface area contributed by atoms with Gasteiger partial charge in [0.25, 0.3) is 11.8 Å². The molecule has 2 aliphatic rings. The number of hydrogen-bond acceptors (Lipinski definition) is 5. The third kappa shape index (κ3) is 3.40. The van der Waals surface area contributed by atoms with E-state index in [-0.39, 0.29) is 23.8 Å². The van der Waals surface area contributed by atoms with E-state index in [1.807, 2.05) is 44.2 Å². The maximum atomic E-state index is 13.4. The third-order valence-electron chi connectivity index (χ3n) is 6.29. The Morgan fingerprint density at radius 1 is 1.16 bits per heavy atom. The number of aromatic nitrogens is 1. The van der Waals surface area contributed by atoms with Crippen LogP contribution in [0.4, 0.5) is 4.79 Å². The average molecular weight is 425 g/mol. The summed E-state index contributed by atoms with van der Waals surface area (Å²) < 4.78 is 5.35. The summed E-state index contributed by atoms with van der Waals surface area (Å²) in [6.45, 7) is 7.09. The lowest BCUT2D eigenvalue weighted by Crippen LogP contribution is -2.58. The fourth-order valence-corrected chi connectivity index (χ4v) is 4.64. The first-order valence-electron chi connectivity index (χ1n) is 10.7. The van der Waals surface area contributed by atoms with Crippen LogP contribution in [0.1, 0.15) is 42.8 Å². The minimum absolute atomic E-state index is 0.159. The first kappa shape index (κ1) is 21.1. The van der Waals surface area contributed by atoms with Gasteiger partial charge in [0, 0.05) is 32.2 Å². The molecule has 1 aromatic heterocycles. The van der Waals surface area contributed by atoms with E-state index in [0.717, 1.165) is 5.56 Å². The molecule has 0 aliphatic carbocycles. The van der Waals surface area contributed by atoms with E-state index in [1.165, 1.54) is 11.9 Å². The van der Waals surface area contributed by atoms with Gasteiger partial charge in [0.2, 0.25) is 0 Å². The fraction of sp³-hybridized carbons (Fsp3) is 0.478. The highest BCUT2D eigenvalue weighted by molar-refractivity contribution is 6.07. The summed E-state index contributed by atoms with van der Waals surface area (Å²) in [4.78, 5) is 43.8. The zero-order valence-electron chi connectivity index (χ0n) is 18.4. The molecule has 1 aromatic carbocycles. The molecule has 2 saturated heterocycles. The molecule has 0 bridgehead atoms. The normalized spacial score (nSPS) is 18.5. The Labute approximate surface area is 181 Å². The van der Waals surface area contributed by atoms with Crippen molar-refractivity contribution in [3.8, 4) is 11.3 Å². The van der Waals surface area contributed by atoms with Crippen LogP contribution >= 0.6 is 0 Å². The lowest BCUT2D eigenvalue weighted by Gasteiger charge is -2.42. The van der Waals surface area contributed by atoms with E-state index in [4.69, 9.17) is 4.52 Å². The number of amides is 4. The summed E-state index contributed by atoms with van der Waals surface area (Å²) in [6.07, 6.45) is 0.844. The number of hydrogen-bond donors (Lipinski definition) is 0. The van der Waals surface area contributed by atoms with Gasteiger partial charge in [0.05, 0.1) is 0 Å². The van der Waals surface area contributed by atoms with Crippen LogP contribution in [-0.2, 0) is 4.79 Å². The van der Waals surface area contributed by atoms with Gasteiger partial charge >= 0.3 is 6.03 Å². The molecule has 0 radical (unpaired) electrons. The van der Waals surface area contributed by atoms with Gasteiger partial charge in [-0.25, -0.2) is 4.79 Å². The van der Waals surface area contributed by atoms with Crippen molar-refractivity contribution in [2.75, 3.05) is 26.7 Å². The van der Waals surface area contributed by atoms with Crippen LogP contribution in [-0.4, -0.2) is 69.9 Å². The van der Waals surface area contributed by atoms with E-state index < -0.39 is 5.54 Å². The Bertz CT molecular complexity index is 1010. The number of rotatable bonds is 4. The predicted molar refractivity (Wildman–Crippen MR) is 114 cm³/mol. The number of piperidine rings is 1. The van der Waals surface area contributed by atoms with E-state index in [1.54, 1.807) is 16.7 Å². The molecule has 0 N–H and O–H groups in total. The predicted octanol–water partition coefficient (Wildman–Crippen LogP) is 3.17.